The minimum Gasteiger partial charge on any atom is -0.491 e. The molecule has 0 fully saturated rings. The van der Waals surface area contributed by atoms with Crippen LogP contribution in [-0.4, -0.2) is 6.10 Å². The summed E-state index contributed by atoms with van der Waals surface area (Å²) in [7, 11) is 0. The van der Waals surface area contributed by atoms with E-state index in [9.17, 15) is 8.78 Å². The summed E-state index contributed by atoms with van der Waals surface area (Å²) in [5.74, 6) is -0.949. The molecule has 0 aliphatic carbocycles. The van der Waals surface area contributed by atoms with E-state index in [2.05, 4.69) is 15.9 Å². The highest BCUT2D eigenvalue weighted by Gasteiger charge is 2.11. The standard InChI is InChI=1S/C10H11BrF2O/c1-6(2)14-7-3-9(12)8(5-11)10(13)4-7/h3-4,6H,5H2,1-2H3. The van der Waals surface area contributed by atoms with Gasteiger partial charge in [0.25, 0.3) is 0 Å². The molecule has 0 spiro atoms. The molecule has 0 bridgehead atoms. The lowest BCUT2D eigenvalue weighted by atomic mass is 10.2. The minimum atomic E-state index is -0.586. The van der Waals surface area contributed by atoms with Crippen molar-refractivity contribution in [2.45, 2.75) is 25.3 Å². The molecule has 0 saturated heterocycles. The summed E-state index contributed by atoms with van der Waals surface area (Å²) in [5, 5.41) is 0.159. The fourth-order valence-corrected chi connectivity index (χ4v) is 1.58. The Balaban J connectivity index is 3.01. The maximum absolute atomic E-state index is 13.2. The van der Waals surface area contributed by atoms with Crippen LogP contribution in [0.15, 0.2) is 12.1 Å². The second kappa shape index (κ2) is 4.73. The molecule has 0 aliphatic rings. The van der Waals surface area contributed by atoms with Gasteiger partial charge in [0.1, 0.15) is 17.4 Å². The van der Waals surface area contributed by atoms with E-state index in [1.807, 2.05) is 0 Å². The molecular weight excluding hydrogens is 254 g/mol. The first-order valence-electron chi connectivity index (χ1n) is 4.25. The van der Waals surface area contributed by atoms with Crippen molar-refractivity contribution < 1.29 is 13.5 Å². The van der Waals surface area contributed by atoms with Crippen molar-refractivity contribution in [2.75, 3.05) is 0 Å². The molecule has 0 saturated carbocycles. The maximum atomic E-state index is 13.2. The Kier molecular flexibility index (Phi) is 3.86. The van der Waals surface area contributed by atoms with Gasteiger partial charge in [-0.2, -0.15) is 0 Å². The Morgan fingerprint density at radius 1 is 1.29 bits per heavy atom. The van der Waals surface area contributed by atoms with Crippen LogP contribution < -0.4 is 4.74 Å². The fraction of sp³-hybridized carbons (Fsp3) is 0.400. The van der Waals surface area contributed by atoms with Crippen molar-refractivity contribution in [3.05, 3.63) is 29.3 Å². The Morgan fingerprint density at radius 2 is 1.79 bits per heavy atom. The first-order valence-corrected chi connectivity index (χ1v) is 5.37. The third-order valence-electron chi connectivity index (χ3n) is 1.62. The number of hydrogen-bond acceptors (Lipinski definition) is 1. The van der Waals surface area contributed by atoms with Crippen LogP contribution in [-0.2, 0) is 5.33 Å². The van der Waals surface area contributed by atoms with Gasteiger partial charge >= 0.3 is 0 Å². The van der Waals surface area contributed by atoms with Crippen molar-refractivity contribution in [3.8, 4) is 5.75 Å². The number of halogens is 3. The smallest absolute Gasteiger partial charge is 0.133 e. The summed E-state index contributed by atoms with van der Waals surface area (Å²) in [6.45, 7) is 3.60. The van der Waals surface area contributed by atoms with Gasteiger partial charge in [0, 0.05) is 23.0 Å². The molecule has 0 aromatic heterocycles. The lowest BCUT2D eigenvalue weighted by molar-refractivity contribution is 0.240. The zero-order chi connectivity index (χ0) is 10.7. The van der Waals surface area contributed by atoms with E-state index in [0.29, 0.717) is 0 Å². The zero-order valence-corrected chi connectivity index (χ0v) is 9.57. The predicted molar refractivity (Wildman–Crippen MR) is 54.8 cm³/mol. The predicted octanol–water partition coefficient (Wildman–Crippen LogP) is 3.65. The molecule has 0 amide bonds. The van der Waals surface area contributed by atoms with Gasteiger partial charge < -0.3 is 4.74 Å². The second-order valence-electron chi connectivity index (χ2n) is 3.17. The second-order valence-corrected chi connectivity index (χ2v) is 3.73. The van der Waals surface area contributed by atoms with E-state index in [1.165, 1.54) is 12.1 Å². The van der Waals surface area contributed by atoms with Crippen LogP contribution in [0.25, 0.3) is 0 Å². The van der Waals surface area contributed by atoms with E-state index in [4.69, 9.17) is 4.74 Å². The molecule has 4 heteroatoms. The molecule has 0 radical (unpaired) electrons. The summed E-state index contributed by atoms with van der Waals surface area (Å²) in [4.78, 5) is 0. The fourth-order valence-electron chi connectivity index (χ4n) is 1.05. The van der Waals surface area contributed by atoms with Gasteiger partial charge in [-0.3, -0.25) is 0 Å². The summed E-state index contributed by atoms with van der Waals surface area (Å²) < 4.78 is 31.6. The van der Waals surface area contributed by atoms with Crippen molar-refractivity contribution in [1.29, 1.82) is 0 Å². The molecule has 0 unspecified atom stereocenters. The van der Waals surface area contributed by atoms with Gasteiger partial charge in [-0.05, 0) is 13.8 Å². The highest BCUT2D eigenvalue weighted by atomic mass is 79.9. The molecule has 0 heterocycles. The van der Waals surface area contributed by atoms with E-state index < -0.39 is 11.6 Å². The summed E-state index contributed by atoms with van der Waals surface area (Å²) >= 11 is 3.01. The van der Waals surface area contributed by atoms with Gasteiger partial charge in [-0.1, -0.05) is 15.9 Å². The Bertz CT molecular complexity index is 303. The lowest BCUT2D eigenvalue weighted by Gasteiger charge is -2.11. The Labute approximate surface area is 90.2 Å². The highest BCUT2D eigenvalue weighted by molar-refractivity contribution is 9.08. The number of rotatable bonds is 3. The van der Waals surface area contributed by atoms with Crippen LogP contribution in [0.4, 0.5) is 8.78 Å². The average Bonchev–Trinajstić information content (AvgIpc) is 2.01. The van der Waals surface area contributed by atoms with Crippen LogP contribution in [0.1, 0.15) is 19.4 Å². The number of hydrogen-bond donors (Lipinski definition) is 0. The van der Waals surface area contributed by atoms with Crippen LogP contribution in [0.3, 0.4) is 0 Å². The largest absolute Gasteiger partial charge is 0.491 e. The molecule has 1 aromatic carbocycles. The maximum Gasteiger partial charge on any atom is 0.133 e. The zero-order valence-electron chi connectivity index (χ0n) is 7.98. The SMILES string of the molecule is CC(C)Oc1cc(F)c(CBr)c(F)c1. The first-order chi connectivity index (χ1) is 6.54. The van der Waals surface area contributed by atoms with E-state index in [1.54, 1.807) is 13.8 Å². The van der Waals surface area contributed by atoms with Gasteiger partial charge in [-0.25, -0.2) is 8.78 Å². The molecular formula is C10H11BrF2O. The van der Waals surface area contributed by atoms with Gasteiger partial charge in [0.15, 0.2) is 0 Å². The third-order valence-corrected chi connectivity index (χ3v) is 2.18. The molecule has 1 aromatic rings. The summed E-state index contributed by atoms with van der Waals surface area (Å²) in [6.07, 6.45) is -0.0939. The van der Waals surface area contributed by atoms with E-state index in [0.717, 1.165) is 0 Å². The number of alkyl halides is 1. The van der Waals surface area contributed by atoms with Crippen LogP contribution in [0.5, 0.6) is 5.75 Å². The molecule has 78 valence electrons. The lowest BCUT2D eigenvalue weighted by Crippen LogP contribution is -2.06. The Hall–Kier alpha value is -0.640. The summed E-state index contributed by atoms with van der Waals surface area (Å²) in [6, 6.07) is 2.39. The van der Waals surface area contributed by atoms with Crippen molar-refractivity contribution >= 4 is 15.9 Å². The van der Waals surface area contributed by atoms with E-state index >= 15 is 0 Å². The molecule has 0 atom stereocenters. The van der Waals surface area contributed by atoms with Gasteiger partial charge in [0.05, 0.1) is 6.10 Å². The van der Waals surface area contributed by atoms with Crippen molar-refractivity contribution in [3.63, 3.8) is 0 Å². The number of benzene rings is 1. The normalized spacial score (nSPS) is 10.7. The van der Waals surface area contributed by atoms with Gasteiger partial charge in [0.2, 0.25) is 0 Å². The van der Waals surface area contributed by atoms with Gasteiger partial charge in [-0.15, -0.1) is 0 Å². The van der Waals surface area contributed by atoms with E-state index in [-0.39, 0.29) is 22.7 Å². The quantitative estimate of drug-likeness (QED) is 0.758. The minimum absolute atomic E-state index is 0.0288. The molecule has 1 rings (SSSR count). The molecule has 14 heavy (non-hydrogen) atoms. The molecule has 0 N–H and O–H groups in total. The van der Waals surface area contributed by atoms with Crippen LogP contribution >= 0.6 is 15.9 Å². The topological polar surface area (TPSA) is 9.23 Å². The number of ether oxygens (including phenoxy) is 1. The molecule has 1 nitrogen and oxygen atoms in total. The van der Waals surface area contributed by atoms with Crippen molar-refractivity contribution in [1.82, 2.24) is 0 Å². The molecule has 0 aliphatic heterocycles. The third kappa shape index (κ3) is 2.67. The van der Waals surface area contributed by atoms with Crippen molar-refractivity contribution in [2.24, 2.45) is 0 Å². The average molecular weight is 265 g/mol. The first kappa shape index (κ1) is 11.4. The Morgan fingerprint density at radius 3 is 2.14 bits per heavy atom. The van der Waals surface area contributed by atoms with Crippen LogP contribution in [0, 0.1) is 11.6 Å². The summed E-state index contributed by atoms with van der Waals surface area (Å²) in [5.41, 5.74) is 0.0288. The monoisotopic (exact) mass is 264 g/mol. The highest BCUT2D eigenvalue weighted by Crippen LogP contribution is 2.23. The van der Waals surface area contributed by atoms with Crippen LogP contribution in [0.2, 0.25) is 0 Å².